The zero-order valence-electron chi connectivity index (χ0n) is 10.7. The van der Waals surface area contributed by atoms with E-state index in [1.165, 1.54) is 12.8 Å². The second kappa shape index (κ2) is 7.22. The Kier molecular flexibility index (Phi) is 6.28. The molecule has 1 fully saturated rings. The van der Waals surface area contributed by atoms with Crippen molar-refractivity contribution in [2.24, 2.45) is 11.1 Å². The monoisotopic (exact) mass is 230 g/mol. The van der Waals surface area contributed by atoms with Gasteiger partial charge in [-0.3, -0.25) is 0 Å². The van der Waals surface area contributed by atoms with E-state index in [-0.39, 0.29) is 0 Å². The summed E-state index contributed by atoms with van der Waals surface area (Å²) >= 11 is 0. The average Bonchev–Trinajstić information content (AvgIpc) is 3.06. The van der Waals surface area contributed by atoms with E-state index >= 15 is 0 Å². The molecule has 1 saturated carbocycles. The zero-order valence-corrected chi connectivity index (χ0v) is 10.7. The molecule has 4 heteroatoms. The summed E-state index contributed by atoms with van der Waals surface area (Å²) in [6.45, 7) is 5.66. The smallest absolute Gasteiger partial charge is 0.0589 e. The third kappa shape index (κ3) is 4.78. The minimum absolute atomic E-state index is 0.417. The first-order chi connectivity index (χ1) is 7.76. The predicted octanol–water partition coefficient (Wildman–Crippen LogP) is 0.710. The minimum atomic E-state index is 0.417. The SMILES string of the molecule is COCCCN(CCOC)CC1(CN)CC1. The highest BCUT2D eigenvalue weighted by Gasteiger charge is 2.42. The Morgan fingerprint density at radius 3 is 2.31 bits per heavy atom. The van der Waals surface area contributed by atoms with Crippen LogP contribution in [0.15, 0.2) is 0 Å². The maximum absolute atomic E-state index is 5.82. The summed E-state index contributed by atoms with van der Waals surface area (Å²) in [6.07, 6.45) is 3.66. The normalized spacial score (nSPS) is 18.0. The summed E-state index contributed by atoms with van der Waals surface area (Å²) in [5, 5.41) is 0. The van der Waals surface area contributed by atoms with E-state index in [1.54, 1.807) is 14.2 Å². The molecule has 0 amide bonds. The molecule has 1 rings (SSSR count). The van der Waals surface area contributed by atoms with Gasteiger partial charge in [-0.15, -0.1) is 0 Å². The van der Waals surface area contributed by atoms with Crippen molar-refractivity contribution >= 4 is 0 Å². The molecule has 0 aromatic heterocycles. The molecular weight excluding hydrogens is 204 g/mol. The van der Waals surface area contributed by atoms with Crippen molar-refractivity contribution in [3.8, 4) is 0 Å². The lowest BCUT2D eigenvalue weighted by Crippen LogP contribution is -2.37. The Labute approximate surface area is 99.1 Å². The van der Waals surface area contributed by atoms with Gasteiger partial charge in [-0.05, 0) is 31.2 Å². The Hall–Kier alpha value is -0.160. The summed E-state index contributed by atoms with van der Waals surface area (Å²) < 4.78 is 10.2. The maximum Gasteiger partial charge on any atom is 0.0589 e. The number of hydrogen-bond donors (Lipinski definition) is 1. The largest absolute Gasteiger partial charge is 0.385 e. The standard InChI is InChI=1S/C12H26N2O2/c1-15-8-3-6-14(7-9-16-2)11-12(10-13)4-5-12/h3-11,13H2,1-2H3. The van der Waals surface area contributed by atoms with Crippen LogP contribution in [-0.4, -0.2) is 58.5 Å². The molecule has 0 spiro atoms. The molecule has 2 N–H and O–H groups in total. The van der Waals surface area contributed by atoms with Crippen LogP contribution < -0.4 is 5.73 Å². The van der Waals surface area contributed by atoms with E-state index in [9.17, 15) is 0 Å². The van der Waals surface area contributed by atoms with Crippen molar-refractivity contribution in [2.45, 2.75) is 19.3 Å². The summed E-state index contributed by atoms with van der Waals surface area (Å²) in [5.74, 6) is 0. The van der Waals surface area contributed by atoms with Gasteiger partial charge in [-0.2, -0.15) is 0 Å². The highest BCUT2D eigenvalue weighted by atomic mass is 16.5. The Morgan fingerprint density at radius 2 is 1.81 bits per heavy atom. The van der Waals surface area contributed by atoms with Crippen LogP contribution in [0.3, 0.4) is 0 Å². The maximum atomic E-state index is 5.82. The first kappa shape index (κ1) is 13.9. The molecule has 0 radical (unpaired) electrons. The van der Waals surface area contributed by atoms with Gasteiger partial charge in [0.2, 0.25) is 0 Å². The number of rotatable bonds is 10. The fourth-order valence-corrected chi connectivity index (χ4v) is 2.00. The highest BCUT2D eigenvalue weighted by Crippen LogP contribution is 2.45. The van der Waals surface area contributed by atoms with Crippen molar-refractivity contribution in [1.29, 1.82) is 0 Å². The van der Waals surface area contributed by atoms with Crippen molar-refractivity contribution in [2.75, 3.05) is 53.6 Å². The molecule has 16 heavy (non-hydrogen) atoms. The lowest BCUT2D eigenvalue weighted by molar-refractivity contribution is 0.120. The molecule has 0 saturated heterocycles. The van der Waals surface area contributed by atoms with Crippen molar-refractivity contribution in [1.82, 2.24) is 4.90 Å². The fraction of sp³-hybridized carbons (Fsp3) is 1.00. The first-order valence-corrected chi connectivity index (χ1v) is 6.16. The van der Waals surface area contributed by atoms with E-state index in [0.717, 1.165) is 45.8 Å². The number of nitrogens with two attached hydrogens (primary N) is 1. The molecule has 0 aromatic rings. The summed E-state index contributed by atoms with van der Waals surface area (Å²) in [5.41, 5.74) is 6.24. The van der Waals surface area contributed by atoms with Crippen LogP contribution in [0, 0.1) is 5.41 Å². The van der Waals surface area contributed by atoms with Crippen LogP contribution >= 0.6 is 0 Å². The third-order valence-electron chi connectivity index (χ3n) is 3.38. The lowest BCUT2D eigenvalue weighted by atomic mass is 10.1. The molecule has 0 atom stereocenters. The molecule has 0 bridgehead atoms. The zero-order chi connectivity index (χ0) is 11.9. The van der Waals surface area contributed by atoms with Crippen molar-refractivity contribution in [3.05, 3.63) is 0 Å². The second-order valence-corrected chi connectivity index (χ2v) is 4.82. The molecule has 0 unspecified atom stereocenters. The van der Waals surface area contributed by atoms with Gasteiger partial charge in [-0.25, -0.2) is 0 Å². The molecule has 0 aliphatic heterocycles. The van der Waals surface area contributed by atoms with Gasteiger partial charge in [0, 0.05) is 40.5 Å². The molecule has 1 aliphatic rings. The number of hydrogen-bond acceptors (Lipinski definition) is 4. The van der Waals surface area contributed by atoms with Crippen molar-refractivity contribution < 1.29 is 9.47 Å². The van der Waals surface area contributed by atoms with E-state index in [0.29, 0.717) is 5.41 Å². The molecule has 0 heterocycles. The third-order valence-corrected chi connectivity index (χ3v) is 3.38. The van der Waals surface area contributed by atoms with E-state index in [2.05, 4.69) is 4.90 Å². The highest BCUT2D eigenvalue weighted by molar-refractivity contribution is 4.96. The van der Waals surface area contributed by atoms with Gasteiger partial charge >= 0.3 is 0 Å². The van der Waals surface area contributed by atoms with Gasteiger partial charge in [0.25, 0.3) is 0 Å². The van der Waals surface area contributed by atoms with Crippen LogP contribution in [0.5, 0.6) is 0 Å². The predicted molar refractivity (Wildman–Crippen MR) is 65.5 cm³/mol. The van der Waals surface area contributed by atoms with E-state index in [4.69, 9.17) is 15.2 Å². The van der Waals surface area contributed by atoms with Gasteiger partial charge in [0.1, 0.15) is 0 Å². The molecule has 0 aromatic carbocycles. The Balaban J connectivity index is 2.25. The second-order valence-electron chi connectivity index (χ2n) is 4.82. The van der Waals surface area contributed by atoms with Crippen LogP contribution in [0.25, 0.3) is 0 Å². The van der Waals surface area contributed by atoms with Crippen LogP contribution in [-0.2, 0) is 9.47 Å². The first-order valence-electron chi connectivity index (χ1n) is 6.16. The molecule has 1 aliphatic carbocycles. The van der Waals surface area contributed by atoms with Gasteiger partial charge < -0.3 is 20.1 Å². The van der Waals surface area contributed by atoms with Gasteiger partial charge in [-0.1, -0.05) is 0 Å². The van der Waals surface area contributed by atoms with Gasteiger partial charge in [0.05, 0.1) is 6.61 Å². The van der Waals surface area contributed by atoms with Crippen LogP contribution in [0.1, 0.15) is 19.3 Å². The number of nitrogens with zero attached hydrogens (tertiary/aromatic N) is 1. The topological polar surface area (TPSA) is 47.7 Å². The van der Waals surface area contributed by atoms with Crippen LogP contribution in [0.2, 0.25) is 0 Å². The summed E-state index contributed by atoms with van der Waals surface area (Å²) in [7, 11) is 3.50. The van der Waals surface area contributed by atoms with Gasteiger partial charge in [0.15, 0.2) is 0 Å². The molecule has 4 nitrogen and oxygen atoms in total. The molecular formula is C12H26N2O2. The van der Waals surface area contributed by atoms with E-state index < -0.39 is 0 Å². The Bertz CT molecular complexity index is 184. The number of ether oxygens (including phenoxy) is 2. The minimum Gasteiger partial charge on any atom is -0.385 e. The average molecular weight is 230 g/mol. The quantitative estimate of drug-likeness (QED) is 0.562. The lowest BCUT2D eigenvalue weighted by Gasteiger charge is -2.26. The summed E-state index contributed by atoms with van der Waals surface area (Å²) in [6, 6.07) is 0. The number of methoxy groups -OCH3 is 2. The van der Waals surface area contributed by atoms with Crippen molar-refractivity contribution in [3.63, 3.8) is 0 Å². The summed E-state index contributed by atoms with van der Waals surface area (Å²) in [4.78, 5) is 2.46. The van der Waals surface area contributed by atoms with E-state index in [1.807, 2.05) is 0 Å². The molecule has 96 valence electrons. The van der Waals surface area contributed by atoms with Crippen LogP contribution in [0.4, 0.5) is 0 Å². The fourth-order valence-electron chi connectivity index (χ4n) is 2.00. The Morgan fingerprint density at radius 1 is 1.12 bits per heavy atom.